The molecule has 9 nitrogen and oxygen atoms in total. The van der Waals surface area contributed by atoms with E-state index >= 15 is 0 Å². The van der Waals surface area contributed by atoms with Gasteiger partial charge >= 0.3 is 6.18 Å². The van der Waals surface area contributed by atoms with Gasteiger partial charge in [0.05, 0.1) is 57.4 Å². The van der Waals surface area contributed by atoms with Crippen molar-refractivity contribution in [3.05, 3.63) is 71.9 Å². The number of hydrogen-bond acceptors (Lipinski definition) is 7. The van der Waals surface area contributed by atoms with E-state index in [-0.39, 0.29) is 11.2 Å². The Labute approximate surface area is 219 Å². The molecule has 0 unspecified atom stereocenters. The molecule has 0 amide bonds. The fourth-order valence-corrected chi connectivity index (χ4v) is 4.41. The van der Waals surface area contributed by atoms with Crippen LogP contribution >= 0.6 is 0 Å². The highest BCUT2D eigenvalue weighted by atomic mass is 19.4. The molecule has 5 rings (SSSR count). The largest absolute Gasteiger partial charge is 0.419 e. The Morgan fingerprint density at radius 3 is 2.36 bits per heavy atom. The van der Waals surface area contributed by atoms with E-state index in [4.69, 9.17) is 5.73 Å². The number of fused-ring (bicyclic) bond motifs is 3. The Balaban J connectivity index is 1.82. The molecular formula is C27H20F3N9. The van der Waals surface area contributed by atoms with E-state index in [1.54, 1.807) is 72.8 Å². The lowest BCUT2D eigenvalue weighted by molar-refractivity contribution is -0.137. The highest BCUT2D eigenvalue weighted by Crippen LogP contribution is 2.36. The zero-order valence-electron chi connectivity index (χ0n) is 21.0. The van der Waals surface area contributed by atoms with Crippen molar-refractivity contribution in [3.63, 3.8) is 0 Å². The van der Waals surface area contributed by atoms with E-state index in [0.717, 1.165) is 6.07 Å². The van der Waals surface area contributed by atoms with E-state index < -0.39 is 23.0 Å². The molecule has 0 fully saturated rings. The molecular weight excluding hydrogens is 507 g/mol. The van der Waals surface area contributed by atoms with Gasteiger partial charge in [-0.25, -0.2) is 4.98 Å². The van der Waals surface area contributed by atoms with Crippen LogP contribution in [-0.4, -0.2) is 24.1 Å². The topological polar surface area (TPSA) is 134 Å². The molecule has 0 bridgehead atoms. The number of nitrogens with two attached hydrogens (primary N) is 1. The molecule has 12 heteroatoms. The number of benzene rings is 1. The molecule has 194 valence electrons. The van der Waals surface area contributed by atoms with E-state index in [1.807, 2.05) is 6.19 Å². The maximum absolute atomic E-state index is 13.5. The zero-order valence-corrected chi connectivity index (χ0v) is 21.0. The molecule has 0 radical (unpaired) electrons. The van der Waals surface area contributed by atoms with Gasteiger partial charge in [-0.1, -0.05) is 6.07 Å². The number of nitriles is 2. The summed E-state index contributed by atoms with van der Waals surface area (Å²) in [4.78, 5) is 16.8. The Morgan fingerprint density at radius 1 is 0.949 bits per heavy atom. The van der Waals surface area contributed by atoms with Crippen LogP contribution in [0, 0.1) is 22.8 Å². The number of aromatic nitrogens is 5. The number of alkyl halides is 3. The Morgan fingerprint density at radius 2 is 1.72 bits per heavy atom. The molecule has 0 atom stereocenters. The van der Waals surface area contributed by atoms with Gasteiger partial charge in [-0.05, 0) is 49.7 Å². The lowest BCUT2D eigenvalue weighted by Gasteiger charge is -2.15. The summed E-state index contributed by atoms with van der Waals surface area (Å²) in [6, 6.07) is 11.8. The molecule has 39 heavy (non-hydrogen) atoms. The zero-order chi connectivity index (χ0) is 28.1. The molecule has 2 N–H and O–H groups in total. The van der Waals surface area contributed by atoms with E-state index in [9.17, 15) is 23.7 Å². The highest BCUT2D eigenvalue weighted by Gasteiger charge is 2.34. The third-order valence-corrected chi connectivity index (χ3v) is 6.54. The highest BCUT2D eigenvalue weighted by molar-refractivity contribution is 6.04. The van der Waals surface area contributed by atoms with Crippen LogP contribution in [0.3, 0.4) is 0 Å². The predicted octanol–water partition coefficient (Wildman–Crippen LogP) is 4.76. The van der Waals surface area contributed by atoms with Crippen molar-refractivity contribution in [2.24, 2.45) is 12.0 Å². The molecule has 0 saturated heterocycles. The smallest absolute Gasteiger partial charge is 0.383 e. The maximum atomic E-state index is 13.5. The van der Waals surface area contributed by atoms with Crippen molar-refractivity contribution in [1.29, 1.82) is 10.5 Å². The first-order valence-corrected chi connectivity index (χ1v) is 11.6. The van der Waals surface area contributed by atoms with Crippen LogP contribution in [0.15, 0.2) is 60.0 Å². The van der Waals surface area contributed by atoms with Gasteiger partial charge in [0.25, 0.3) is 0 Å². The van der Waals surface area contributed by atoms with E-state index in [1.165, 1.54) is 6.20 Å². The molecule has 4 heterocycles. The Hall–Kier alpha value is -5.23. The van der Waals surface area contributed by atoms with Crippen molar-refractivity contribution < 1.29 is 13.2 Å². The van der Waals surface area contributed by atoms with Gasteiger partial charge in [0.1, 0.15) is 5.82 Å². The van der Waals surface area contributed by atoms with Crippen LogP contribution < -0.4 is 11.4 Å². The van der Waals surface area contributed by atoms with Gasteiger partial charge in [-0.2, -0.15) is 23.7 Å². The Bertz CT molecular complexity index is 1920. The summed E-state index contributed by atoms with van der Waals surface area (Å²) in [5.74, 6) is -0.602. The summed E-state index contributed by atoms with van der Waals surface area (Å²) in [6.07, 6.45) is 1.67. The van der Waals surface area contributed by atoms with Crippen molar-refractivity contribution >= 4 is 27.8 Å². The summed E-state index contributed by atoms with van der Waals surface area (Å²) in [5.41, 5.74) is 7.59. The van der Waals surface area contributed by atoms with E-state index in [2.05, 4.69) is 26.0 Å². The molecule has 0 aliphatic heterocycles. The van der Waals surface area contributed by atoms with Crippen LogP contribution in [-0.2, 0) is 18.6 Å². The number of hydrogen-bond donors (Lipinski definition) is 1. The molecule has 0 saturated carbocycles. The number of imidazole rings is 1. The normalized spacial score (nSPS) is 12.6. The average Bonchev–Trinajstić information content (AvgIpc) is 3.20. The van der Waals surface area contributed by atoms with Crippen LogP contribution in [0.4, 0.5) is 19.0 Å². The summed E-state index contributed by atoms with van der Waals surface area (Å²) in [7, 11) is 1.73. The lowest BCUT2D eigenvalue weighted by Crippen LogP contribution is -2.23. The average molecular weight is 528 g/mol. The minimum absolute atomic E-state index is 0.226. The molecule has 0 aliphatic carbocycles. The molecule has 0 spiro atoms. The third-order valence-electron chi connectivity index (χ3n) is 6.54. The molecule has 5 aromatic rings. The lowest BCUT2D eigenvalue weighted by atomic mass is 9.91. The van der Waals surface area contributed by atoms with Crippen LogP contribution in [0.25, 0.3) is 38.8 Å². The van der Waals surface area contributed by atoms with Crippen molar-refractivity contribution in [2.75, 3.05) is 5.73 Å². The maximum Gasteiger partial charge on any atom is 0.419 e. The van der Waals surface area contributed by atoms with Crippen molar-refractivity contribution in [3.8, 4) is 29.1 Å². The second-order valence-corrected chi connectivity index (χ2v) is 9.42. The number of nitrogens with zero attached hydrogens (tertiary/aromatic N) is 8. The number of halogens is 3. The van der Waals surface area contributed by atoms with Gasteiger partial charge in [-0.15, -0.1) is 4.99 Å². The fourth-order valence-electron chi connectivity index (χ4n) is 4.41. The van der Waals surface area contributed by atoms with Gasteiger partial charge in [0.2, 0.25) is 11.8 Å². The van der Waals surface area contributed by atoms with Crippen molar-refractivity contribution in [2.45, 2.75) is 25.4 Å². The number of pyridine rings is 3. The summed E-state index contributed by atoms with van der Waals surface area (Å²) >= 11 is 0. The van der Waals surface area contributed by atoms with Gasteiger partial charge < -0.3 is 10.3 Å². The number of aryl methyl sites for hydroxylation is 1. The number of anilines is 1. The quantitative estimate of drug-likeness (QED) is 0.336. The van der Waals surface area contributed by atoms with Crippen LogP contribution in [0.5, 0.6) is 0 Å². The fraction of sp³-hybridized carbons (Fsp3) is 0.185. The molecule has 4 aromatic heterocycles. The first-order chi connectivity index (χ1) is 18.5. The summed E-state index contributed by atoms with van der Waals surface area (Å²) in [5, 5.41) is 19.5. The standard InChI is InChI=1S/C27H20F3N9/c1-26(2,13-31)22-7-5-17(11-35-22)39-23-18-8-15(16-9-19(27(28,29)30)24(33)36-10-16)4-6-20(18)34-12-21(23)38(3)25(39)37-14-32/h4-12H,1-3H3,(H2,33,36)/b37-25+. The second kappa shape index (κ2) is 8.96. The predicted molar refractivity (Wildman–Crippen MR) is 138 cm³/mol. The van der Waals surface area contributed by atoms with Gasteiger partial charge in [0, 0.05) is 24.2 Å². The minimum atomic E-state index is -4.66. The van der Waals surface area contributed by atoms with Crippen LogP contribution in [0.2, 0.25) is 0 Å². The first-order valence-electron chi connectivity index (χ1n) is 11.6. The molecule has 0 aliphatic rings. The Kier molecular flexibility index (Phi) is 5.84. The second-order valence-electron chi connectivity index (χ2n) is 9.42. The molecule has 1 aromatic carbocycles. The monoisotopic (exact) mass is 527 g/mol. The van der Waals surface area contributed by atoms with Gasteiger partial charge in [0.15, 0.2) is 0 Å². The number of nitrogen functional groups attached to an aromatic ring is 1. The van der Waals surface area contributed by atoms with Crippen LogP contribution in [0.1, 0.15) is 25.1 Å². The SMILES string of the molecule is Cn1/c(=N\C#N)n(-c2ccc(C(C)(C)C#N)nc2)c2c3cc(-c4cnc(N)c(C(F)(F)F)c4)ccc3ncc21. The van der Waals surface area contributed by atoms with E-state index in [0.29, 0.717) is 38.9 Å². The summed E-state index contributed by atoms with van der Waals surface area (Å²) < 4.78 is 43.9. The van der Waals surface area contributed by atoms with Gasteiger partial charge in [-0.3, -0.25) is 14.5 Å². The first kappa shape index (κ1) is 25.4. The van der Waals surface area contributed by atoms with Crippen molar-refractivity contribution in [1.82, 2.24) is 24.1 Å². The summed E-state index contributed by atoms with van der Waals surface area (Å²) in [6.45, 7) is 3.51. The number of rotatable bonds is 3. The third kappa shape index (κ3) is 4.22. The minimum Gasteiger partial charge on any atom is -0.383 e.